The largest absolute Gasteiger partial charge is 0.381 e. The van der Waals surface area contributed by atoms with Crippen molar-refractivity contribution in [3.05, 3.63) is 19.9 Å². The van der Waals surface area contributed by atoms with E-state index in [2.05, 4.69) is 46.3 Å². The van der Waals surface area contributed by atoms with Crippen molar-refractivity contribution in [2.45, 2.75) is 25.8 Å². The second-order valence-electron chi connectivity index (χ2n) is 4.20. The summed E-state index contributed by atoms with van der Waals surface area (Å²) in [6.07, 6.45) is 2.48. The first-order chi connectivity index (χ1) is 7.81. The van der Waals surface area contributed by atoms with E-state index in [4.69, 9.17) is 4.74 Å². The normalized spacial score (nSPS) is 23.2. The molecule has 2 rings (SSSR count). The van der Waals surface area contributed by atoms with Gasteiger partial charge in [0.15, 0.2) is 0 Å². The Morgan fingerprint density at radius 1 is 1.69 bits per heavy atom. The summed E-state index contributed by atoms with van der Waals surface area (Å²) < 4.78 is 6.97. The number of hydrogen-bond donors (Lipinski definition) is 1. The van der Waals surface area contributed by atoms with Gasteiger partial charge in [0.2, 0.25) is 0 Å². The minimum Gasteiger partial charge on any atom is -0.381 e. The molecule has 1 aromatic rings. The number of hydrogen-bond acceptors (Lipinski definition) is 3. The number of nitrogens with one attached hydrogen (secondary N) is 1. The topological polar surface area (TPSA) is 21.3 Å². The van der Waals surface area contributed by atoms with E-state index in [1.807, 2.05) is 11.3 Å². The number of rotatable bonds is 4. The zero-order valence-electron chi connectivity index (χ0n) is 9.54. The van der Waals surface area contributed by atoms with Crippen LogP contribution >= 0.6 is 33.9 Å². The lowest BCUT2D eigenvalue weighted by molar-refractivity contribution is 0.0393. The number of ether oxygens (including phenoxy) is 1. The predicted molar refractivity (Wildman–Crippen MR) is 77.0 cm³/mol. The van der Waals surface area contributed by atoms with Gasteiger partial charge in [-0.25, -0.2) is 0 Å². The quantitative estimate of drug-likeness (QED) is 0.840. The Morgan fingerprint density at radius 2 is 2.56 bits per heavy atom. The molecule has 0 aliphatic carbocycles. The molecule has 1 aromatic heterocycles. The molecule has 0 saturated carbocycles. The van der Waals surface area contributed by atoms with Crippen LogP contribution in [0.4, 0.5) is 0 Å². The van der Waals surface area contributed by atoms with Crippen molar-refractivity contribution >= 4 is 33.9 Å². The first-order valence-electron chi connectivity index (χ1n) is 5.86. The Labute approximate surface area is 115 Å². The second-order valence-corrected chi connectivity index (χ2v) is 7.00. The summed E-state index contributed by atoms with van der Waals surface area (Å²) in [5, 5.41) is 5.89. The van der Waals surface area contributed by atoms with Gasteiger partial charge in [-0.3, -0.25) is 0 Å². The smallest absolute Gasteiger partial charge is 0.0656 e. The Morgan fingerprint density at radius 3 is 3.12 bits per heavy atom. The molecule has 0 spiro atoms. The van der Waals surface area contributed by atoms with Crippen molar-refractivity contribution in [2.75, 3.05) is 19.8 Å². The fourth-order valence-corrected chi connectivity index (χ4v) is 3.70. The van der Waals surface area contributed by atoms with Crippen LogP contribution in [0.5, 0.6) is 0 Å². The van der Waals surface area contributed by atoms with Gasteiger partial charge in [-0.2, -0.15) is 0 Å². The van der Waals surface area contributed by atoms with Gasteiger partial charge in [-0.1, -0.05) is 6.92 Å². The minimum atomic E-state index is 0.477. The molecule has 2 unspecified atom stereocenters. The van der Waals surface area contributed by atoms with Gasteiger partial charge < -0.3 is 10.1 Å². The van der Waals surface area contributed by atoms with Crippen molar-refractivity contribution < 1.29 is 4.74 Å². The van der Waals surface area contributed by atoms with Crippen molar-refractivity contribution in [3.63, 3.8) is 0 Å². The summed E-state index contributed by atoms with van der Waals surface area (Å²) in [5.74, 6) is 0.638. The number of thiophene rings is 1. The second kappa shape index (κ2) is 6.33. The van der Waals surface area contributed by atoms with Crippen LogP contribution in [-0.4, -0.2) is 19.8 Å². The summed E-state index contributed by atoms with van der Waals surface area (Å²) in [7, 11) is 0. The molecule has 4 heteroatoms. The van der Waals surface area contributed by atoms with Crippen molar-refractivity contribution in [1.29, 1.82) is 0 Å². The molecule has 2 nitrogen and oxygen atoms in total. The van der Waals surface area contributed by atoms with Crippen LogP contribution in [0, 0.1) is 8.80 Å². The van der Waals surface area contributed by atoms with E-state index < -0.39 is 0 Å². The first-order valence-corrected chi connectivity index (χ1v) is 7.82. The molecule has 1 aliphatic rings. The van der Waals surface area contributed by atoms with Crippen LogP contribution in [0.15, 0.2) is 11.4 Å². The molecular formula is C12H18INOS. The summed E-state index contributed by atoms with van der Waals surface area (Å²) in [4.78, 5) is 0. The van der Waals surface area contributed by atoms with Crippen LogP contribution in [0.2, 0.25) is 0 Å². The molecule has 0 amide bonds. The Hall–Kier alpha value is 0.350. The Bertz CT molecular complexity index is 323. The lowest BCUT2D eigenvalue weighted by Gasteiger charge is -2.30. The van der Waals surface area contributed by atoms with Gasteiger partial charge in [0.25, 0.3) is 0 Å². The third-order valence-electron chi connectivity index (χ3n) is 3.04. The molecule has 1 N–H and O–H groups in total. The SMILES string of the molecule is CCNC(c1csc(I)c1)C1CCCOC1. The van der Waals surface area contributed by atoms with Gasteiger partial charge in [-0.05, 0) is 59.0 Å². The van der Waals surface area contributed by atoms with Gasteiger partial charge in [0, 0.05) is 18.6 Å². The van der Waals surface area contributed by atoms with Crippen molar-refractivity contribution in [2.24, 2.45) is 5.92 Å². The lowest BCUT2D eigenvalue weighted by Crippen LogP contribution is -2.33. The molecular weight excluding hydrogens is 333 g/mol. The average molecular weight is 351 g/mol. The molecule has 1 aliphatic heterocycles. The van der Waals surface area contributed by atoms with E-state index in [0.717, 1.165) is 19.8 Å². The predicted octanol–water partition coefficient (Wildman–Crippen LogP) is 3.43. The summed E-state index contributed by atoms with van der Waals surface area (Å²) in [6, 6.07) is 2.78. The van der Waals surface area contributed by atoms with Gasteiger partial charge in [-0.15, -0.1) is 11.3 Å². The van der Waals surface area contributed by atoms with Crippen LogP contribution < -0.4 is 5.32 Å². The van der Waals surface area contributed by atoms with Gasteiger partial charge in [0.05, 0.1) is 9.49 Å². The third kappa shape index (κ3) is 3.18. The fourth-order valence-electron chi connectivity index (χ4n) is 2.29. The number of halogens is 1. The van der Waals surface area contributed by atoms with E-state index in [-0.39, 0.29) is 0 Å². The van der Waals surface area contributed by atoms with Crippen LogP contribution in [-0.2, 0) is 4.74 Å². The maximum atomic E-state index is 5.60. The summed E-state index contributed by atoms with van der Waals surface area (Å²) >= 11 is 4.22. The van der Waals surface area contributed by atoms with E-state index in [1.165, 1.54) is 21.3 Å². The maximum Gasteiger partial charge on any atom is 0.0656 e. The van der Waals surface area contributed by atoms with Crippen molar-refractivity contribution in [1.82, 2.24) is 5.32 Å². The lowest BCUT2D eigenvalue weighted by atomic mass is 9.90. The molecule has 2 atom stereocenters. The minimum absolute atomic E-state index is 0.477. The molecule has 0 radical (unpaired) electrons. The zero-order chi connectivity index (χ0) is 11.4. The van der Waals surface area contributed by atoms with Crippen LogP contribution in [0.25, 0.3) is 0 Å². The van der Waals surface area contributed by atoms with Crippen LogP contribution in [0.3, 0.4) is 0 Å². The van der Waals surface area contributed by atoms with Crippen LogP contribution in [0.1, 0.15) is 31.4 Å². The highest BCUT2D eigenvalue weighted by atomic mass is 127. The average Bonchev–Trinajstić information content (AvgIpc) is 2.74. The van der Waals surface area contributed by atoms with Gasteiger partial charge in [0.1, 0.15) is 0 Å². The monoisotopic (exact) mass is 351 g/mol. The van der Waals surface area contributed by atoms with Gasteiger partial charge >= 0.3 is 0 Å². The van der Waals surface area contributed by atoms with E-state index in [9.17, 15) is 0 Å². The molecule has 0 aromatic carbocycles. The molecule has 1 saturated heterocycles. The third-order valence-corrected chi connectivity index (χ3v) is 4.85. The maximum absolute atomic E-state index is 5.60. The highest BCUT2D eigenvalue weighted by Crippen LogP contribution is 2.31. The molecule has 2 heterocycles. The highest BCUT2D eigenvalue weighted by molar-refractivity contribution is 14.1. The van der Waals surface area contributed by atoms with E-state index in [0.29, 0.717) is 12.0 Å². The standard InChI is InChI=1S/C12H18INOS/c1-2-14-12(9-4-3-5-15-7-9)10-6-11(13)16-8-10/h6,8-9,12,14H,2-5,7H2,1H3. The Kier molecular flexibility index (Phi) is 5.06. The molecule has 0 bridgehead atoms. The summed E-state index contributed by atoms with van der Waals surface area (Å²) in [6.45, 7) is 5.04. The summed E-state index contributed by atoms with van der Waals surface area (Å²) in [5.41, 5.74) is 1.44. The highest BCUT2D eigenvalue weighted by Gasteiger charge is 2.25. The first kappa shape index (κ1) is 12.8. The molecule has 16 heavy (non-hydrogen) atoms. The zero-order valence-corrected chi connectivity index (χ0v) is 12.5. The van der Waals surface area contributed by atoms with E-state index in [1.54, 1.807) is 0 Å². The Balaban J connectivity index is 2.09. The fraction of sp³-hybridized carbons (Fsp3) is 0.667. The molecule has 90 valence electrons. The van der Waals surface area contributed by atoms with Crippen molar-refractivity contribution in [3.8, 4) is 0 Å². The van der Waals surface area contributed by atoms with E-state index >= 15 is 0 Å². The molecule has 1 fully saturated rings.